The van der Waals surface area contributed by atoms with Crippen LogP contribution in [0.4, 0.5) is 0 Å². The minimum Gasteiger partial charge on any atom is -0.294 e. The van der Waals surface area contributed by atoms with Crippen molar-refractivity contribution < 1.29 is 9.55 Å². The lowest BCUT2D eigenvalue weighted by Crippen LogP contribution is -2.39. The van der Waals surface area contributed by atoms with Gasteiger partial charge in [0.1, 0.15) is 0 Å². The second kappa shape index (κ2) is 3.87. The number of rotatable bonds is 1. The van der Waals surface area contributed by atoms with E-state index in [-0.39, 0.29) is 23.0 Å². The first-order valence-electron chi connectivity index (χ1n) is 5.43. The van der Waals surface area contributed by atoms with Gasteiger partial charge in [0.05, 0.1) is 11.5 Å². The number of nitrogens with zero attached hydrogens (tertiary/aromatic N) is 1. The quantitative estimate of drug-likeness (QED) is 0.624. The Labute approximate surface area is 91.1 Å². The summed E-state index contributed by atoms with van der Waals surface area (Å²) in [6.45, 7) is 10.2. The molecule has 1 heterocycles. The summed E-state index contributed by atoms with van der Waals surface area (Å²) in [5.74, 6) is 0.0844. The molecule has 3 nitrogen and oxygen atoms in total. The lowest BCUT2D eigenvalue weighted by Gasteiger charge is -2.29. The van der Waals surface area contributed by atoms with Crippen LogP contribution in [0, 0.1) is 22.2 Å². The van der Waals surface area contributed by atoms with E-state index in [1.165, 1.54) is 6.20 Å². The molecule has 0 bridgehead atoms. The molecule has 1 unspecified atom stereocenters. The van der Waals surface area contributed by atoms with Gasteiger partial charge in [0.25, 0.3) is 0 Å². The van der Waals surface area contributed by atoms with Gasteiger partial charge in [0.15, 0.2) is 5.78 Å². The summed E-state index contributed by atoms with van der Waals surface area (Å²) in [6, 6.07) is 0. The van der Waals surface area contributed by atoms with Crippen LogP contribution in [-0.4, -0.2) is 17.1 Å². The van der Waals surface area contributed by atoms with Crippen LogP contribution in [0.1, 0.15) is 34.6 Å². The Balaban J connectivity index is 3.06. The third-order valence-electron chi connectivity index (χ3n) is 2.91. The van der Waals surface area contributed by atoms with Crippen molar-refractivity contribution in [2.75, 3.05) is 6.54 Å². The van der Waals surface area contributed by atoms with Gasteiger partial charge in [-0.3, -0.25) is 4.79 Å². The molecule has 0 aromatic carbocycles. The van der Waals surface area contributed by atoms with Gasteiger partial charge in [-0.15, -0.1) is 0 Å². The van der Waals surface area contributed by atoms with Crippen LogP contribution in [-0.2, 0) is 4.79 Å². The maximum atomic E-state index is 12.1. The van der Waals surface area contributed by atoms with Gasteiger partial charge in [0, 0.05) is 9.67 Å². The van der Waals surface area contributed by atoms with E-state index in [1.54, 1.807) is 0 Å². The maximum Gasteiger partial charge on any atom is 0.227 e. The van der Waals surface area contributed by atoms with Crippen LogP contribution in [0.25, 0.3) is 0 Å². The van der Waals surface area contributed by atoms with Gasteiger partial charge in [-0.2, -0.15) is 0 Å². The lowest BCUT2D eigenvalue weighted by molar-refractivity contribution is -0.491. The van der Waals surface area contributed by atoms with Crippen LogP contribution >= 0.6 is 0 Å². The number of Topliss-reactive ketones (excluding diaryl/α,β-unsaturated/α-hetero) is 1. The van der Waals surface area contributed by atoms with E-state index in [9.17, 15) is 9.70 Å². The first-order valence-corrected chi connectivity index (χ1v) is 5.43. The summed E-state index contributed by atoms with van der Waals surface area (Å²) in [5, 5.41) is 0. The predicted octanol–water partition coefficient (Wildman–Crippen LogP) is 2.55. The molecule has 0 amide bonds. The summed E-state index contributed by atoms with van der Waals surface area (Å²) >= 11 is 0. The molecular weight excluding hydrogens is 190 g/mol. The van der Waals surface area contributed by atoms with Crippen molar-refractivity contribution in [1.82, 2.24) is 0 Å². The monoisotopic (exact) mass is 210 g/mol. The highest BCUT2D eigenvalue weighted by molar-refractivity contribution is 5.98. The van der Waals surface area contributed by atoms with Crippen LogP contribution in [0.5, 0.6) is 0 Å². The molecule has 0 spiro atoms. The van der Waals surface area contributed by atoms with Crippen LogP contribution < -0.4 is 0 Å². The third-order valence-corrected chi connectivity index (χ3v) is 2.91. The standard InChI is InChI=1S/C12H20NO2/c1-8(2)9-6-13(15)7-10(11(9)14)12(3,4)5/h6,8,10H,7H2,1-5H3/q+1. The highest BCUT2D eigenvalue weighted by atomic mass is 16.3. The number of hydrogen-bond acceptors (Lipinski definition) is 2. The summed E-state index contributed by atoms with van der Waals surface area (Å²) in [4.78, 5) is 23.6. The molecule has 0 fully saturated rings. The van der Waals surface area contributed by atoms with Crippen molar-refractivity contribution in [2.45, 2.75) is 34.6 Å². The smallest absolute Gasteiger partial charge is 0.227 e. The largest absolute Gasteiger partial charge is 0.294 e. The summed E-state index contributed by atoms with van der Waals surface area (Å²) < 4.78 is 0.895. The Morgan fingerprint density at radius 2 is 1.93 bits per heavy atom. The molecule has 0 aliphatic carbocycles. The number of carbonyl (C=O) groups excluding carboxylic acids is 1. The molecule has 0 N–H and O–H groups in total. The average Bonchev–Trinajstić information content (AvgIpc) is 2.06. The molecule has 0 saturated heterocycles. The fourth-order valence-corrected chi connectivity index (χ4v) is 1.84. The zero-order chi connectivity index (χ0) is 11.8. The number of nitroso groups, excluding NO2 is 1. The van der Waals surface area contributed by atoms with E-state index in [2.05, 4.69) is 0 Å². The molecule has 1 atom stereocenters. The molecule has 3 heteroatoms. The molecule has 1 aliphatic heterocycles. The van der Waals surface area contributed by atoms with Crippen molar-refractivity contribution in [3.8, 4) is 0 Å². The second-order valence-electron chi connectivity index (χ2n) is 5.62. The average molecular weight is 210 g/mol. The summed E-state index contributed by atoms with van der Waals surface area (Å²) in [5.41, 5.74) is 0.518. The number of carbonyl (C=O) groups is 1. The zero-order valence-corrected chi connectivity index (χ0v) is 10.2. The van der Waals surface area contributed by atoms with E-state index < -0.39 is 0 Å². The molecule has 0 aromatic rings. The molecule has 1 rings (SSSR count). The van der Waals surface area contributed by atoms with Crippen molar-refractivity contribution in [2.24, 2.45) is 17.3 Å². The topological polar surface area (TPSA) is 37.1 Å². The maximum absolute atomic E-state index is 12.1. The van der Waals surface area contributed by atoms with E-state index in [1.807, 2.05) is 34.6 Å². The highest BCUT2D eigenvalue weighted by Gasteiger charge is 2.42. The predicted molar refractivity (Wildman–Crippen MR) is 59.4 cm³/mol. The molecule has 84 valence electrons. The fraction of sp³-hybridized carbons (Fsp3) is 0.750. The van der Waals surface area contributed by atoms with E-state index in [0.29, 0.717) is 12.1 Å². The minimum absolute atomic E-state index is 0.124. The number of hydrogen-bond donors (Lipinski definition) is 0. The van der Waals surface area contributed by atoms with Crippen molar-refractivity contribution in [3.05, 3.63) is 16.7 Å². The molecule has 0 radical (unpaired) electrons. The lowest BCUT2D eigenvalue weighted by atomic mass is 9.73. The SMILES string of the molecule is CC(C)C1=C[N+](=O)CC(C(C)(C)C)C1=O. The van der Waals surface area contributed by atoms with Crippen molar-refractivity contribution in [1.29, 1.82) is 0 Å². The van der Waals surface area contributed by atoms with Gasteiger partial charge < -0.3 is 0 Å². The van der Waals surface area contributed by atoms with Crippen LogP contribution in [0.3, 0.4) is 0 Å². The summed E-state index contributed by atoms with van der Waals surface area (Å²) in [6.07, 6.45) is 1.45. The number of allylic oxidation sites excluding steroid dienone is 1. The zero-order valence-electron chi connectivity index (χ0n) is 10.2. The van der Waals surface area contributed by atoms with Gasteiger partial charge in [-0.1, -0.05) is 34.6 Å². The normalized spacial score (nSPS) is 23.3. The summed E-state index contributed by atoms with van der Waals surface area (Å²) in [7, 11) is 0. The Morgan fingerprint density at radius 3 is 2.33 bits per heavy atom. The first-order chi connectivity index (χ1) is 6.73. The molecule has 1 aliphatic rings. The Kier molecular flexibility index (Phi) is 3.12. The fourth-order valence-electron chi connectivity index (χ4n) is 1.84. The first kappa shape index (κ1) is 12.1. The third kappa shape index (κ3) is 2.52. The molecule has 0 saturated carbocycles. The molecular formula is C12H20NO2+. The van der Waals surface area contributed by atoms with E-state index in [0.717, 1.165) is 4.76 Å². The van der Waals surface area contributed by atoms with Crippen LogP contribution in [0.2, 0.25) is 0 Å². The minimum atomic E-state index is -0.183. The van der Waals surface area contributed by atoms with Crippen LogP contribution in [0.15, 0.2) is 11.8 Å². The van der Waals surface area contributed by atoms with Gasteiger partial charge in [0.2, 0.25) is 12.7 Å². The second-order valence-corrected chi connectivity index (χ2v) is 5.62. The Morgan fingerprint density at radius 1 is 1.40 bits per heavy atom. The van der Waals surface area contributed by atoms with Crippen molar-refractivity contribution in [3.63, 3.8) is 0 Å². The van der Waals surface area contributed by atoms with Crippen molar-refractivity contribution >= 4 is 5.78 Å². The molecule has 0 aromatic heterocycles. The Hall–Kier alpha value is -0.990. The number of ketones is 1. The van der Waals surface area contributed by atoms with E-state index >= 15 is 0 Å². The van der Waals surface area contributed by atoms with Gasteiger partial charge >= 0.3 is 0 Å². The molecule has 15 heavy (non-hydrogen) atoms. The van der Waals surface area contributed by atoms with Gasteiger partial charge in [-0.25, -0.2) is 0 Å². The highest BCUT2D eigenvalue weighted by Crippen LogP contribution is 2.33. The van der Waals surface area contributed by atoms with Gasteiger partial charge in [-0.05, 0) is 11.3 Å². The Bertz CT molecular complexity index is 321. The van der Waals surface area contributed by atoms with E-state index in [4.69, 9.17) is 0 Å².